The lowest BCUT2D eigenvalue weighted by atomic mass is 9.98. The van der Waals surface area contributed by atoms with Crippen molar-refractivity contribution in [1.82, 2.24) is 15.1 Å². The molecule has 25 heavy (non-hydrogen) atoms. The largest absolute Gasteiger partial charge is 0.339 e. The Bertz CT molecular complexity index is 915. The van der Waals surface area contributed by atoms with E-state index < -0.39 is 0 Å². The normalized spacial score (nSPS) is 14.7. The summed E-state index contributed by atoms with van der Waals surface area (Å²) in [5.74, 6) is 0.0732. The SMILES string of the molecule is Cc1ccc2nnc(-c3ccccc3)c(C(=O)N3CCCCC3)c2c1. The first-order valence-corrected chi connectivity index (χ1v) is 8.86. The molecule has 1 aliphatic heterocycles. The molecule has 4 heteroatoms. The minimum atomic E-state index is 0.0732. The molecule has 0 aliphatic carbocycles. The first-order chi connectivity index (χ1) is 12.2. The van der Waals surface area contributed by atoms with Crippen LogP contribution in [0.25, 0.3) is 22.2 Å². The van der Waals surface area contributed by atoms with Crippen LogP contribution >= 0.6 is 0 Å². The molecule has 126 valence electrons. The van der Waals surface area contributed by atoms with E-state index in [4.69, 9.17) is 0 Å². The highest BCUT2D eigenvalue weighted by Crippen LogP contribution is 2.29. The van der Waals surface area contributed by atoms with Gasteiger partial charge in [0.15, 0.2) is 0 Å². The number of nitrogens with zero attached hydrogens (tertiary/aromatic N) is 3. The first kappa shape index (κ1) is 15.8. The Kier molecular flexibility index (Phi) is 4.18. The monoisotopic (exact) mass is 331 g/mol. The van der Waals surface area contributed by atoms with Crippen LogP contribution in [0, 0.1) is 6.92 Å². The molecule has 0 atom stereocenters. The standard InChI is InChI=1S/C21H21N3O/c1-15-10-11-18-17(14-15)19(21(25)24-12-6-3-7-13-24)20(23-22-18)16-8-4-2-5-9-16/h2,4-5,8-11,14H,3,6-7,12-13H2,1H3. The summed E-state index contributed by atoms with van der Waals surface area (Å²) in [7, 11) is 0. The van der Waals surface area contributed by atoms with Crippen LogP contribution in [0.2, 0.25) is 0 Å². The second-order valence-corrected chi connectivity index (χ2v) is 6.66. The van der Waals surface area contributed by atoms with E-state index in [1.165, 1.54) is 6.42 Å². The lowest BCUT2D eigenvalue weighted by Crippen LogP contribution is -2.36. The van der Waals surface area contributed by atoms with Gasteiger partial charge in [-0.1, -0.05) is 42.0 Å². The third-order valence-corrected chi connectivity index (χ3v) is 4.82. The van der Waals surface area contributed by atoms with E-state index in [1.54, 1.807) is 0 Å². The summed E-state index contributed by atoms with van der Waals surface area (Å²) < 4.78 is 0. The van der Waals surface area contributed by atoms with Crippen molar-refractivity contribution in [2.24, 2.45) is 0 Å². The van der Waals surface area contributed by atoms with Crippen LogP contribution < -0.4 is 0 Å². The maximum atomic E-state index is 13.4. The highest BCUT2D eigenvalue weighted by molar-refractivity contribution is 6.10. The van der Waals surface area contributed by atoms with Crippen LogP contribution in [0.4, 0.5) is 0 Å². The number of aryl methyl sites for hydroxylation is 1. The van der Waals surface area contributed by atoms with Gasteiger partial charge in [-0.25, -0.2) is 0 Å². The van der Waals surface area contributed by atoms with Gasteiger partial charge in [-0.3, -0.25) is 4.79 Å². The number of fused-ring (bicyclic) bond motifs is 1. The van der Waals surface area contributed by atoms with Crippen molar-refractivity contribution in [3.63, 3.8) is 0 Å². The molecule has 0 bridgehead atoms. The Morgan fingerprint density at radius 3 is 2.48 bits per heavy atom. The molecular formula is C21H21N3O. The fourth-order valence-corrected chi connectivity index (χ4v) is 3.49. The number of aromatic nitrogens is 2. The highest BCUT2D eigenvalue weighted by Gasteiger charge is 2.25. The van der Waals surface area contributed by atoms with Gasteiger partial charge in [0.05, 0.1) is 11.1 Å². The number of carbonyl (C=O) groups is 1. The molecule has 1 aromatic heterocycles. The Balaban J connectivity index is 1.94. The third-order valence-electron chi connectivity index (χ3n) is 4.82. The van der Waals surface area contributed by atoms with Crippen LogP contribution in [-0.2, 0) is 0 Å². The van der Waals surface area contributed by atoms with E-state index in [1.807, 2.05) is 60.4 Å². The average Bonchev–Trinajstić information content (AvgIpc) is 2.68. The zero-order valence-corrected chi connectivity index (χ0v) is 14.4. The van der Waals surface area contributed by atoms with Crippen LogP contribution in [0.5, 0.6) is 0 Å². The maximum Gasteiger partial charge on any atom is 0.256 e. The van der Waals surface area contributed by atoms with Gasteiger partial charge in [0.2, 0.25) is 0 Å². The van der Waals surface area contributed by atoms with Gasteiger partial charge in [0, 0.05) is 24.0 Å². The van der Waals surface area contributed by atoms with Crippen molar-refractivity contribution in [3.8, 4) is 11.3 Å². The summed E-state index contributed by atoms with van der Waals surface area (Å²) in [6.07, 6.45) is 3.34. The highest BCUT2D eigenvalue weighted by atomic mass is 16.2. The van der Waals surface area contributed by atoms with Crippen molar-refractivity contribution in [3.05, 3.63) is 59.7 Å². The average molecular weight is 331 g/mol. The number of rotatable bonds is 2. The Morgan fingerprint density at radius 1 is 0.960 bits per heavy atom. The summed E-state index contributed by atoms with van der Waals surface area (Å²) in [4.78, 5) is 15.3. The van der Waals surface area contributed by atoms with Crippen LogP contribution in [0.1, 0.15) is 35.2 Å². The second-order valence-electron chi connectivity index (χ2n) is 6.66. The van der Waals surface area contributed by atoms with Crippen molar-refractivity contribution in [2.75, 3.05) is 13.1 Å². The molecule has 0 spiro atoms. The van der Waals surface area contributed by atoms with Crippen LogP contribution in [0.3, 0.4) is 0 Å². The molecule has 4 nitrogen and oxygen atoms in total. The topological polar surface area (TPSA) is 46.1 Å². The van der Waals surface area contributed by atoms with Gasteiger partial charge in [-0.15, -0.1) is 10.2 Å². The summed E-state index contributed by atoms with van der Waals surface area (Å²) in [5.41, 5.74) is 4.17. The summed E-state index contributed by atoms with van der Waals surface area (Å²) in [6, 6.07) is 15.9. The molecule has 2 heterocycles. The van der Waals surface area contributed by atoms with Gasteiger partial charge in [0.25, 0.3) is 5.91 Å². The lowest BCUT2D eigenvalue weighted by Gasteiger charge is -2.27. The number of hydrogen-bond acceptors (Lipinski definition) is 3. The van der Waals surface area contributed by atoms with Gasteiger partial charge in [-0.2, -0.15) is 0 Å². The van der Waals surface area contributed by atoms with Crippen molar-refractivity contribution >= 4 is 16.8 Å². The molecule has 3 aromatic rings. The molecular weight excluding hydrogens is 310 g/mol. The zero-order valence-electron chi connectivity index (χ0n) is 14.4. The van der Waals surface area contributed by atoms with Gasteiger partial charge in [-0.05, 0) is 38.3 Å². The molecule has 0 N–H and O–H groups in total. The Labute approximate surface area is 147 Å². The number of amides is 1. The van der Waals surface area contributed by atoms with Gasteiger partial charge >= 0.3 is 0 Å². The van der Waals surface area contributed by atoms with Crippen molar-refractivity contribution < 1.29 is 4.79 Å². The number of likely N-dealkylation sites (tertiary alicyclic amines) is 1. The van der Waals surface area contributed by atoms with E-state index in [0.29, 0.717) is 11.3 Å². The fraction of sp³-hybridized carbons (Fsp3) is 0.286. The maximum absolute atomic E-state index is 13.4. The molecule has 1 saturated heterocycles. The molecule has 2 aromatic carbocycles. The van der Waals surface area contributed by atoms with Gasteiger partial charge < -0.3 is 4.90 Å². The lowest BCUT2D eigenvalue weighted by molar-refractivity contribution is 0.0726. The second kappa shape index (κ2) is 6.63. The third kappa shape index (κ3) is 3.00. The van der Waals surface area contributed by atoms with E-state index in [9.17, 15) is 4.79 Å². The summed E-state index contributed by atoms with van der Waals surface area (Å²) >= 11 is 0. The number of hydrogen-bond donors (Lipinski definition) is 0. The summed E-state index contributed by atoms with van der Waals surface area (Å²) in [6.45, 7) is 3.68. The van der Waals surface area contributed by atoms with E-state index in [0.717, 1.165) is 48.0 Å². The minimum Gasteiger partial charge on any atom is -0.339 e. The molecule has 1 aliphatic rings. The van der Waals surface area contributed by atoms with E-state index in [-0.39, 0.29) is 5.91 Å². The van der Waals surface area contributed by atoms with Crippen LogP contribution in [-0.4, -0.2) is 34.1 Å². The smallest absolute Gasteiger partial charge is 0.256 e. The Hall–Kier alpha value is -2.75. The first-order valence-electron chi connectivity index (χ1n) is 8.86. The molecule has 4 rings (SSSR count). The fourth-order valence-electron chi connectivity index (χ4n) is 3.49. The minimum absolute atomic E-state index is 0.0732. The molecule has 0 unspecified atom stereocenters. The molecule has 1 amide bonds. The van der Waals surface area contributed by atoms with Gasteiger partial charge in [0.1, 0.15) is 5.69 Å². The van der Waals surface area contributed by atoms with E-state index in [2.05, 4.69) is 10.2 Å². The van der Waals surface area contributed by atoms with E-state index >= 15 is 0 Å². The number of benzene rings is 2. The van der Waals surface area contributed by atoms with Crippen molar-refractivity contribution in [2.45, 2.75) is 26.2 Å². The number of carbonyl (C=O) groups excluding carboxylic acids is 1. The molecule has 1 fully saturated rings. The number of piperidine rings is 1. The zero-order chi connectivity index (χ0) is 17.2. The summed E-state index contributed by atoms with van der Waals surface area (Å²) in [5, 5.41) is 9.68. The van der Waals surface area contributed by atoms with Crippen LogP contribution in [0.15, 0.2) is 48.5 Å². The molecule has 0 radical (unpaired) electrons. The predicted molar refractivity (Wildman–Crippen MR) is 99.5 cm³/mol. The quantitative estimate of drug-likeness (QED) is 0.706. The van der Waals surface area contributed by atoms with Crippen molar-refractivity contribution in [1.29, 1.82) is 0 Å². The Morgan fingerprint density at radius 2 is 1.72 bits per heavy atom. The molecule has 0 saturated carbocycles. The predicted octanol–water partition coefficient (Wildman–Crippen LogP) is 4.23.